The summed E-state index contributed by atoms with van der Waals surface area (Å²) in [7, 11) is 0. The van der Waals surface area contributed by atoms with Crippen molar-refractivity contribution in [3.8, 4) is 5.75 Å². The molecule has 1 N–H and O–H groups in total. The van der Waals surface area contributed by atoms with Crippen LogP contribution in [0.4, 0.5) is 8.78 Å². The van der Waals surface area contributed by atoms with Crippen LogP contribution in [0.25, 0.3) is 0 Å². The molecule has 1 amide bonds. The highest BCUT2D eigenvalue weighted by molar-refractivity contribution is 5.77. The van der Waals surface area contributed by atoms with Crippen LogP contribution in [0.3, 0.4) is 0 Å². The molecule has 0 aliphatic carbocycles. The Kier molecular flexibility index (Phi) is 6.33. The summed E-state index contributed by atoms with van der Waals surface area (Å²) in [6.45, 7) is 6.75. The van der Waals surface area contributed by atoms with Crippen molar-refractivity contribution in [2.75, 3.05) is 26.2 Å². The van der Waals surface area contributed by atoms with E-state index < -0.39 is 11.6 Å². The van der Waals surface area contributed by atoms with Gasteiger partial charge < -0.3 is 15.0 Å². The van der Waals surface area contributed by atoms with Gasteiger partial charge in [0, 0.05) is 25.2 Å². The van der Waals surface area contributed by atoms with Gasteiger partial charge in [-0.1, -0.05) is 0 Å². The first kappa shape index (κ1) is 17.7. The lowest BCUT2D eigenvalue weighted by Gasteiger charge is -2.35. The summed E-state index contributed by atoms with van der Waals surface area (Å²) in [6.07, 6.45) is 2.23. The van der Waals surface area contributed by atoms with Crippen molar-refractivity contribution in [3.63, 3.8) is 0 Å². The first-order chi connectivity index (χ1) is 11.0. The Hall–Kier alpha value is -1.69. The molecule has 1 aliphatic rings. The Balaban J connectivity index is 1.72. The van der Waals surface area contributed by atoms with Crippen LogP contribution in [0, 0.1) is 17.6 Å². The minimum Gasteiger partial charge on any atom is -0.481 e. The lowest BCUT2D eigenvalue weighted by atomic mass is 9.97. The number of carbonyl (C=O) groups excluding carboxylic acids is 1. The molecule has 0 unspecified atom stereocenters. The zero-order valence-electron chi connectivity index (χ0n) is 13.6. The maximum atomic E-state index is 13.4. The number of piperidine rings is 1. The minimum atomic E-state index is -0.808. The second-order valence-corrected chi connectivity index (χ2v) is 6.26. The number of rotatable bonds is 6. The van der Waals surface area contributed by atoms with Crippen LogP contribution in [-0.4, -0.2) is 43.1 Å². The molecule has 1 aliphatic heterocycles. The number of benzene rings is 1. The van der Waals surface area contributed by atoms with Gasteiger partial charge in [0.1, 0.15) is 5.82 Å². The summed E-state index contributed by atoms with van der Waals surface area (Å²) in [5.74, 6) is -1.47. The third-order valence-corrected chi connectivity index (χ3v) is 4.12. The van der Waals surface area contributed by atoms with E-state index in [2.05, 4.69) is 24.1 Å². The highest BCUT2D eigenvalue weighted by Crippen LogP contribution is 2.18. The zero-order chi connectivity index (χ0) is 16.8. The fraction of sp³-hybridized carbons (Fsp3) is 0.588. The molecule has 23 heavy (non-hydrogen) atoms. The first-order valence-corrected chi connectivity index (χ1v) is 8.04. The molecule has 0 spiro atoms. The molecule has 1 aromatic carbocycles. The summed E-state index contributed by atoms with van der Waals surface area (Å²) in [4.78, 5) is 14.2. The smallest absolute Gasteiger partial charge is 0.257 e. The van der Waals surface area contributed by atoms with Gasteiger partial charge in [-0.2, -0.15) is 0 Å². The average molecular weight is 326 g/mol. The number of hydrogen-bond donors (Lipinski definition) is 1. The van der Waals surface area contributed by atoms with Gasteiger partial charge >= 0.3 is 0 Å². The summed E-state index contributed by atoms with van der Waals surface area (Å²) in [5, 5.41) is 2.83. The van der Waals surface area contributed by atoms with E-state index in [9.17, 15) is 13.6 Å². The largest absolute Gasteiger partial charge is 0.481 e. The van der Waals surface area contributed by atoms with E-state index >= 15 is 0 Å². The van der Waals surface area contributed by atoms with Gasteiger partial charge in [0.15, 0.2) is 18.2 Å². The third kappa shape index (κ3) is 5.46. The molecule has 0 saturated carbocycles. The van der Waals surface area contributed by atoms with Crippen molar-refractivity contribution in [2.24, 2.45) is 5.92 Å². The van der Waals surface area contributed by atoms with Gasteiger partial charge in [0.05, 0.1) is 0 Å². The molecule has 4 nitrogen and oxygen atoms in total. The predicted octanol–water partition coefficient (Wildman–Crippen LogP) is 2.58. The molecule has 0 bridgehead atoms. The quantitative estimate of drug-likeness (QED) is 0.874. The Morgan fingerprint density at radius 2 is 2.22 bits per heavy atom. The highest BCUT2D eigenvalue weighted by atomic mass is 19.1. The van der Waals surface area contributed by atoms with Gasteiger partial charge in [0.25, 0.3) is 5.91 Å². The van der Waals surface area contributed by atoms with E-state index in [0.29, 0.717) is 18.5 Å². The van der Waals surface area contributed by atoms with Gasteiger partial charge in [-0.15, -0.1) is 0 Å². The van der Waals surface area contributed by atoms with E-state index in [1.807, 2.05) is 0 Å². The molecule has 1 saturated heterocycles. The number of nitrogens with one attached hydrogen (secondary N) is 1. The number of ether oxygens (including phenoxy) is 1. The Bertz CT molecular complexity index is 537. The van der Waals surface area contributed by atoms with Gasteiger partial charge in [-0.05, 0) is 51.3 Å². The summed E-state index contributed by atoms with van der Waals surface area (Å²) in [6, 6.07) is 3.52. The van der Waals surface area contributed by atoms with Crippen molar-refractivity contribution < 1.29 is 18.3 Å². The molecule has 2 rings (SSSR count). The number of nitrogens with zero attached hydrogens (tertiary/aromatic N) is 1. The van der Waals surface area contributed by atoms with Gasteiger partial charge in [0.2, 0.25) is 0 Å². The number of hydrogen-bond acceptors (Lipinski definition) is 3. The molecule has 1 heterocycles. The predicted molar refractivity (Wildman–Crippen MR) is 84.3 cm³/mol. The minimum absolute atomic E-state index is 0.120. The van der Waals surface area contributed by atoms with E-state index in [1.165, 1.54) is 6.07 Å². The van der Waals surface area contributed by atoms with E-state index in [0.717, 1.165) is 38.1 Å². The first-order valence-electron chi connectivity index (χ1n) is 8.04. The molecule has 0 radical (unpaired) electrons. The molecule has 1 fully saturated rings. The van der Waals surface area contributed by atoms with Crippen LogP contribution in [0.5, 0.6) is 5.75 Å². The Morgan fingerprint density at radius 1 is 1.43 bits per heavy atom. The fourth-order valence-electron chi connectivity index (χ4n) is 2.78. The van der Waals surface area contributed by atoms with Crippen LogP contribution in [0.1, 0.15) is 26.7 Å². The van der Waals surface area contributed by atoms with Crippen LogP contribution in [0.15, 0.2) is 18.2 Å². The molecule has 6 heteroatoms. The fourth-order valence-corrected chi connectivity index (χ4v) is 2.78. The maximum Gasteiger partial charge on any atom is 0.257 e. The average Bonchev–Trinajstić information content (AvgIpc) is 2.52. The number of halogens is 2. The van der Waals surface area contributed by atoms with E-state index in [1.54, 1.807) is 0 Å². The van der Waals surface area contributed by atoms with Crippen molar-refractivity contribution >= 4 is 5.91 Å². The molecule has 1 aromatic rings. The Labute approximate surface area is 135 Å². The highest BCUT2D eigenvalue weighted by Gasteiger charge is 2.22. The van der Waals surface area contributed by atoms with Crippen molar-refractivity contribution in [3.05, 3.63) is 29.8 Å². The van der Waals surface area contributed by atoms with Crippen molar-refractivity contribution in [1.82, 2.24) is 10.2 Å². The SMILES string of the molecule is CC(C)N1CCC[C@H](CNC(=O)COc2ccc(F)cc2F)C1. The number of carbonyl (C=O) groups is 1. The van der Waals surface area contributed by atoms with Crippen LogP contribution in [-0.2, 0) is 4.79 Å². The second-order valence-electron chi connectivity index (χ2n) is 6.26. The lowest BCUT2D eigenvalue weighted by molar-refractivity contribution is -0.123. The molecular weight excluding hydrogens is 302 g/mol. The molecule has 1 atom stereocenters. The topological polar surface area (TPSA) is 41.6 Å². The normalized spacial score (nSPS) is 18.9. The van der Waals surface area contributed by atoms with Crippen LogP contribution >= 0.6 is 0 Å². The van der Waals surface area contributed by atoms with Crippen molar-refractivity contribution in [1.29, 1.82) is 0 Å². The summed E-state index contributed by atoms with van der Waals surface area (Å²) in [5.41, 5.74) is 0. The zero-order valence-corrected chi connectivity index (χ0v) is 13.6. The maximum absolute atomic E-state index is 13.4. The number of likely N-dealkylation sites (tertiary alicyclic amines) is 1. The second kappa shape index (κ2) is 8.24. The van der Waals surface area contributed by atoms with Crippen LogP contribution in [0.2, 0.25) is 0 Å². The molecule has 128 valence electrons. The van der Waals surface area contributed by atoms with E-state index in [4.69, 9.17) is 4.74 Å². The lowest BCUT2D eigenvalue weighted by Crippen LogP contribution is -2.44. The monoisotopic (exact) mass is 326 g/mol. The summed E-state index contributed by atoms with van der Waals surface area (Å²) >= 11 is 0. The third-order valence-electron chi connectivity index (χ3n) is 4.12. The number of amides is 1. The van der Waals surface area contributed by atoms with Crippen molar-refractivity contribution in [2.45, 2.75) is 32.7 Å². The molecule has 0 aromatic heterocycles. The van der Waals surface area contributed by atoms with Gasteiger partial charge in [-0.25, -0.2) is 8.78 Å². The summed E-state index contributed by atoms with van der Waals surface area (Å²) < 4.78 is 31.3. The van der Waals surface area contributed by atoms with Crippen LogP contribution < -0.4 is 10.1 Å². The molecular formula is C17H24F2N2O2. The standard InChI is InChI=1S/C17H24F2N2O2/c1-12(2)21-7-3-4-13(10-21)9-20-17(22)11-23-16-6-5-14(18)8-15(16)19/h5-6,8,12-13H,3-4,7,9-11H2,1-2H3,(H,20,22)/t13-/m1/s1. The van der Waals surface area contributed by atoms with Gasteiger partial charge in [-0.3, -0.25) is 4.79 Å². The Morgan fingerprint density at radius 3 is 2.91 bits per heavy atom. The van der Waals surface area contributed by atoms with E-state index in [-0.39, 0.29) is 18.3 Å².